The number of nitrogens with two attached hydrogens (primary N) is 1. The first-order valence-electron chi connectivity index (χ1n) is 6.41. The zero-order valence-corrected chi connectivity index (χ0v) is 10.9. The molecular formula is C12H24N4O. The van der Waals surface area contributed by atoms with E-state index < -0.39 is 0 Å². The molecule has 1 heterocycles. The van der Waals surface area contributed by atoms with Crippen molar-refractivity contribution in [3.63, 3.8) is 0 Å². The van der Waals surface area contributed by atoms with Gasteiger partial charge in [0.05, 0.1) is 5.84 Å². The highest BCUT2D eigenvalue weighted by molar-refractivity contribution is 5.79. The zero-order chi connectivity index (χ0) is 12.8. The van der Waals surface area contributed by atoms with Gasteiger partial charge in [0.1, 0.15) is 0 Å². The molecule has 1 rings (SSSR count). The molecule has 1 saturated heterocycles. The number of rotatable bonds is 4. The summed E-state index contributed by atoms with van der Waals surface area (Å²) in [7, 11) is 0. The van der Waals surface area contributed by atoms with Crippen LogP contribution in [0.3, 0.4) is 0 Å². The Labute approximate surface area is 103 Å². The monoisotopic (exact) mass is 240 g/mol. The van der Waals surface area contributed by atoms with Crippen molar-refractivity contribution in [3.8, 4) is 0 Å². The number of carbonyl (C=O) groups is 1. The van der Waals surface area contributed by atoms with Gasteiger partial charge in [-0.25, -0.2) is 4.79 Å². The number of piperidine rings is 1. The third kappa shape index (κ3) is 4.24. The fourth-order valence-electron chi connectivity index (χ4n) is 2.21. The fourth-order valence-corrected chi connectivity index (χ4v) is 2.21. The second-order valence-electron chi connectivity index (χ2n) is 4.83. The lowest BCUT2D eigenvalue weighted by atomic mass is 10.0. The van der Waals surface area contributed by atoms with Crippen LogP contribution in [0.15, 0.2) is 0 Å². The molecule has 17 heavy (non-hydrogen) atoms. The topological polar surface area (TPSA) is 73.4 Å². The summed E-state index contributed by atoms with van der Waals surface area (Å²) in [6.07, 6.45) is 2.77. The summed E-state index contributed by atoms with van der Waals surface area (Å²) >= 11 is 0. The number of hydrogen-bond donors (Lipinski definition) is 2. The third-order valence-electron chi connectivity index (χ3n) is 3.23. The molecule has 3 N–H and O–H groups in total. The Balaban J connectivity index is 2.49. The summed E-state index contributed by atoms with van der Waals surface area (Å²) in [5.41, 5.74) is 5.33. The van der Waals surface area contributed by atoms with E-state index in [-0.39, 0.29) is 11.9 Å². The second-order valence-corrected chi connectivity index (χ2v) is 4.83. The SMILES string of the molecule is CCN(CCC(=N)N)C(=O)N1CCCC(C)C1. The first-order valence-corrected chi connectivity index (χ1v) is 6.41. The van der Waals surface area contributed by atoms with E-state index in [1.54, 1.807) is 4.90 Å². The predicted molar refractivity (Wildman–Crippen MR) is 69.1 cm³/mol. The average molecular weight is 240 g/mol. The molecule has 5 nitrogen and oxygen atoms in total. The molecule has 0 aromatic carbocycles. The number of amides is 2. The Hall–Kier alpha value is -1.26. The minimum Gasteiger partial charge on any atom is -0.388 e. The molecule has 1 atom stereocenters. The van der Waals surface area contributed by atoms with Crippen LogP contribution in [-0.4, -0.2) is 47.8 Å². The van der Waals surface area contributed by atoms with Crippen LogP contribution in [0.25, 0.3) is 0 Å². The van der Waals surface area contributed by atoms with Crippen molar-refractivity contribution in [1.29, 1.82) is 5.41 Å². The van der Waals surface area contributed by atoms with Crippen LogP contribution in [0.2, 0.25) is 0 Å². The molecule has 1 aliphatic heterocycles. The summed E-state index contributed by atoms with van der Waals surface area (Å²) < 4.78 is 0. The van der Waals surface area contributed by atoms with Gasteiger partial charge < -0.3 is 15.5 Å². The number of nitrogens with zero attached hydrogens (tertiary/aromatic N) is 2. The fraction of sp³-hybridized carbons (Fsp3) is 0.833. The molecule has 0 bridgehead atoms. The first kappa shape index (κ1) is 13.8. The summed E-state index contributed by atoms with van der Waals surface area (Å²) in [5.74, 6) is 0.738. The molecule has 0 aromatic rings. The molecule has 0 aliphatic carbocycles. The van der Waals surface area contributed by atoms with Crippen molar-refractivity contribution in [2.24, 2.45) is 11.7 Å². The van der Waals surface area contributed by atoms with E-state index in [9.17, 15) is 4.79 Å². The van der Waals surface area contributed by atoms with E-state index in [4.69, 9.17) is 11.1 Å². The predicted octanol–water partition coefficient (Wildman–Crippen LogP) is 1.49. The molecule has 0 spiro atoms. The number of amidine groups is 1. The van der Waals surface area contributed by atoms with Crippen molar-refractivity contribution < 1.29 is 4.79 Å². The molecule has 1 aliphatic rings. The number of urea groups is 1. The van der Waals surface area contributed by atoms with E-state index in [2.05, 4.69) is 6.92 Å². The third-order valence-corrected chi connectivity index (χ3v) is 3.23. The second kappa shape index (κ2) is 6.47. The number of hydrogen-bond acceptors (Lipinski definition) is 2. The van der Waals surface area contributed by atoms with Gasteiger partial charge in [0.25, 0.3) is 0 Å². The quantitative estimate of drug-likeness (QED) is 0.577. The van der Waals surface area contributed by atoms with Crippen molar-refractivity contribution >= 4 is 11.9 Å². The van der Waals surface area contributed by atoms with Crippen molar-refractivity contribution in [3.05, 3.63) is 0 Å². The van der Waals surface area contributed by atoms with Crippen molar-refractivity contribution in [2.45, 2.75) is 33.1 Å². The lowest BCUT2D eigenvalue weighted by Crippen LogP contribution is -2.47. The molecule has 2 amide bonds. The van der Waals surface area contributed by atoms with Crippen LogP contribution < -0.4 is 5.73 Å². The number of likely N-dealkylation sites (tertiary alicyclic amines) is 1. The Morgan fingerprint density at radius 1 is 1.59 bits per heavy atom. The highest BCUT2D eigenvalue weighted by Crippen LogP contribution is 2.16. The van der Waals surface area contributed by atoms with Crippen LogP contribution >= 0.6 is 0 Å². The van der Waals surface area contributed by atoms with E-state index in [1.165, 1.54) is 6.42 Å². The molecule has 1 unspecified atom stereocenters. The Kier molecular flexibility index (Phi) is 5.25. The summed E-state index contributed by atoms with van der Waals surface area (Å²) in [5, 5.41) is 7.21. The van der Waals surface area contributed by atoms with Crippen LogP contribution in [0.4, 0.5) is 4.79 Å². The normalized spacial score (nSPS) is 20.1. The minimum atomic E-state index is 0.0975. The highest BCUT2D eigenvalue weighted by Gasteiger charge is 2.24. The molecule has 0 radical (unpaired) electrons. The van der Waals surface area contributed by atoms with Gasteiger partial charge in [-0.3, -0.25) is 5.41 Å². The molecule has 1 fully saturated rings. The van der Waals surface area contributed by atoms with E-state index >= 15 is 0 Å². The minimum absolute atomic E-state index is 0.0975. The maximum absolute atomic E-state index is 12.2. The van der Waals surface area contributed by atoms with Crippen LogP contribution in [0, 0.1) is 11.3 Å². The van der Waals surface area contributed by atoms with Crippen LogP contribution in [0.1, 0.15) is 33.1 Å². The van der Waals surface area contributed by atoms with Gasteiger partial charge in [-0.05, 0) is 25.7 Å². The zero-order valence-electron chi connectivity index (χ0n) is 10.9. The number of carbonyl (C=O) groups excluding carboxylic acids is 1. The summed E-state index contributed by atoms with van der Waals surface area (Å²) in [6.45, 7) is 7.10. The lowest BCUT2D eigenvalue weighted by Gasteiger charge is -2.35. The van der Waals surface area contributed by atoms with Gasteiger partial charge in [0.15, 0.2) is 0 Å². The molecule has 0 aromatic heterocycles. The van der Waals surface area contributed by atoms with Gasteiger partial charge in [0, 0.05) is 32.6 Å². The molecule has 98 valence electrons. The molecular weight excluding hydrogens is 216 g/mol. The molecule has 5 heteroatoms. The largest absolute Gasteiger partial charge is 0.388 e. The van der Waals surface area contributed by atoms with Crippen LogP contribution in [-0.2, 0) is 0 Å². The Morgan fingerprint density at radius 3 is 2.82 bits per heavy atom. The smallest absolute Gasteiger partial charge is 0.320 e. The molecule has 0 saturated carbocycles. The first-order chi connectivity index (χ1) is 8.04. The summed E-state index contributed by atoms with van der Waals surface area (Å²) in [6, 6.07) is 0.0975. The standard InChI is InChI=1S/C12H24N4O/c1-3-15(8-6-11(13)14)12(17)16-7-4-5-10(2)9-16/h10H,3-9H2,1-2H3,(H3,13,14). The maximum Gasteiger partial charge on any atom is 0.320 e. The highest BCUT2D eigenvalue weighted by atomic mass is 16.2. The van der Waals surface area contributed by atoms with Crippen molar-refractivity contribution in [1.82, 2.24) is 9.80 Å². The summed E-state index contributed by atoms with van der Waals surface area (Å²) in [4.78, 5) is 15.9. The van der Waals surface area contributed by atoms with E-state index in [0.29, 0.717) is 25.4 Å². The van der Waals surface area contributed by atoms with Gasteiger partial charge in [-0.15, -0.1) is 0 Å². The Bertz CT molecular complexity index is 280. The van der Waals surface area contributed by atoms with Gasteiger partial charge in [-0.2, -0.15) is 0 Å². The average Bonchev–Trinajstić information content (AvgIpc) is 2.29. The van der Waals surface area contributed by atoms with E-state index in [0.717, 1.165) is 19.5 Å². The number of nitrogens with one attached hydrogen (secondary N) is 1. The van der Waals surface area contributed by atoms with E-state index in [1.807, 2.05) is 11.8 Å². The van der Waals surface area contributed by atoms with Gasteiger partial charge >= 0.3 is 6.03 Å². The Morgan fingerprint density at radius 2 is 2.29 bits per heavy atom. The lowest BCUT2D eigenvalue weighted by molar-refractivity contribution is 0.134. The van der Waals surface area contributed by atoms with Crippen molar-refractivity contribution in [2.75, 3.05) is 26.2 Å². The van der Waals surface area contributed by atoms with Gasteiger partial charge in [0.2, 0.25) is 0 Å². The van der Waals surface area contributed by atoms with Gasteiger partial charge in [-0.1, -0.05) is 6.92 Å². The maximum atomic E-state index is 12.2. The van der Waals surface area contributed by atoms with Crippen LogP contribution in [0.5, 0.6) is 0 Å².